The summed E-state index contributed by atoms with van der Waals surface area (Å²) in [5.74, 6) is 1.60. The van der Waals surface area contributed by atoms with E-state index in [4.69, 9.17) is 0 Å². The lowest BCUT2D eigenvalue weighted by Gasteiger charge is -2.35. The molecule has 4 heteroatoms. The molecule has 2 atom stereocenters. The van der Waals surface area contributed by atoms with E-state index in [1.807, 2.05) is 12.1 Å². The molecule has 0 heterocycles. The lowest BCUT2D eigenvalue weighted by atomic mass is 9.78. The van der Waals surface area contributed by atoms with Crippen LogP contribution in [0.4, 0.5) is 8.78 Å². The molecule has 0 radical (unpaired) electrons. The summed E-state index contributed by atoms with van der Waals surface area (Å²) in [7, 11) is 0. The van der Waals surface area contributed by atoms with Crippen molar-refractivity contribution in [3.8, 4) is 5.75 Å². The van der Waals surface area contributed by atoms with Crippen molar-refractivity contribution in [1.29, 1.82) is 0 Å². The second-order valence-electron chi connectivity index (χ2n) is 5.81. The van der Waals surface area contributed by atoms with Crippen LogP contribution in [0.2, 0.25) is 0 Å². The second kappa shape index (κ2) is 7.02. The van der Waals surface area contributed by atoms with Gasteiger partial charge in [-0.1, -0.05) is 32.4 Å². The second-order valence-corrected chi connectivity index (χ2v) is 5.81. The van der Waals surface area contributed by atoms with Gasteiger partial charge in [0.25, 0.3) is 0 Å². The van der Waals surface area contributed by atoms with Crippen LogP contribution in [0, 0.1) is 11.8 Å². The van der Waals surface area contributed by atoms with Gasteiger partial charge in [-0.05, 0) is 42.4 Å². The molecule has 2 nitrogen and oxygen atoms in total. The van der Waals surface area contributed by atoms with Crippen LogP contribution in [0.1, 0.15) is 38.7 Å². The molecule has 0 spiro atoms. The van der Waals surface area contributed by atoms with Crippen LogP contribution < -0.4 is 10.1 Å². The molecule has 1 fully saturated rings. The minimum absolute atomic E-state index is 0.211. The van der Waals surface area contributed by atoms with Crippen molar-refractivity contribution in [1.82, 2.24) is 5.32 Å². The molecule has 112 valence electrons. The van der Waals surface area contributed by atoms with E-state index >= 15 is 0 Å². The molecule has 0 amide bonds. The SMILES string of the molecule is CC1CCCC(C)C1NCc1ccc(OC(F)F)cc1. The molecular weight excluding hydrogens is 260 g/mol. The molecule has 1 aliphatic carbocycles. The first kappa shape index (κ1) is 15.2. The quantitative estimate of drug-likeness (QED) is 0.874. The molecule has 0 saturated heterocycles. The first-order valence-electron chi connectivity index (χ1n) is 7.33. The summed E-state index contributed by atoms with van der Waals surface area (Å²) < 4.78 is 28.5. The molecule has 2 unspecified atom stereocenters. The Morgan fingerprint density at radius 2 is 1.75 bits per heavy atom. The first-order valence-corrected chi connectivity index (χ1v) is 7.33. The van der Waals surface area contributed by atoms with Gasteiger partial charge >= 0.3 is 6.61 Å². The van der Waals surface area contributed by atoms with Crippen LogP contribution in [-0.4, -0.2) is 12.7 Å². The van der Waals surface area contributed by atoms with Crippen molar-refractivity contribution in [2.75, 3.05) is 0 Å². The van der Waals surface area contributed by atoms with Crippen LogP contribution in [0.25, 0.3) is 0 Å². The number of hydrogen-bond donors (Lipinski definition) is 1. The third-order valence-corrected chi connectivity index (χ3v) is 4.24. The first-order chi connectivity index (χ1) is 9.56. The number of benzene rings is 1. The molecule has 1 aliphatic rings. The summed E-state index contributed by atoms with van der Waals surface area (Å²) in [4.78, 5) is 0. The summed E-state index contributed by atoms with van der Waals surface area (Å²) >= 11 is 0. The van der Waals surface area contributed by atoms with Crippen molar-refractivity contribution in [2.24, 2.45) is 11.8 Å². The normalized spacial score (nSPS) is 26.8. The average Bonchev–Trinajstić information content (AvgIpc) is 2.39. The Labute approximate surface area is 119 Å². The maximum atomic E-state index is 12.1. The van der Waals surface area contributed by atoms with Gasteiger partial charge in [0.15, 0.2) is 0 Å². The maximum absolute atomic E-state index is 12.1. The van der Waals surface area contributed by atoms with Crippen LogP contribution in [0.5, 0.6) is 5.75 Å². The molecule has 0 bridgehead atoms. The van der Waals surface area contributed by atoms with Crippen molar-refractivity contribution < 1.29 is 13.5 Å². The van der Waals surface area contributed by atoms with E-state index < -0.39 is 6.61 Å². The van der Waals surface area contributed by atoms with Crippen molar-refractivity contribution in [3.05, 3.63) is 29.8 Å². The fourth-order valence-corrected chi connectivity index (χ4v) is 3.11. The van der Waals surface area contributed by atoms with Gasteiger partial charge in [-0.25, -0.2) is 0 Å². The Morgan fingerprint density at radius 3 is 2.30 bits per heavy atom. The topological polar surface area (TPSA) is 21.3 Å². The van der Waals surface area contributed by atoms with Gasteiger partial charge in [-0.2, -0.15) is 8.78 Å². The highest BCUT2D eigenvalue weighted by atomic mass is 19.3. The van der Waals surface area contributed by atoms with Gasteiger partial charge in [-0.15, -0.1) is 0 Å². The Hall–Kier alpha value is -1.16. The number of halogens is 2. The van der Waals surface area contributed by atoms with Crippen LogP contribution in [0.15, 0.2) is 24.3 Å². The predicted molar refractivity (Wildman–Crippen MR) is 75.9 cm³/mol. The monoisotopic (exact) mass is 283 g/mol. The Kier molecular flexibility index (Phi) is 5.35. The molecule has 0 aliphatic heterocycles. The smallest absolute Gasteiger partial charge is 0.387 e. The van der Waals surface area contributed by atoms with Crippen molar-refractivity contribution >= 4 is 0 Å². The Bertz CT molecular complexity index is 397. The molecule has 2 rings (SSSR count). The minimum atomic E-state index is -2.76. The van der Waals surface area contributed by atoms with Gasteiger partial charge in [0.2, 0.25) is 0 Å². The lowest BCUT2D eigenvalue weighted by molar-refractivity contribution is -0.0498. The van der Waals surface area contributed by atoms with Crippen molar-refractivity contribution in [2.45, 2.75) is 52.3 Å². The average molecular weight is 283 g/mol. The predicted octanol–water partition coefficient (Wildman–Crippen LogP) is 4.20. The number of ether oxygens (including phenoxy) is 1. The third-order valence-electron chi connectivity index (χ3n) is 4.24. The zero-order chi connectivity index (χ0) is 14.5. The molecule has 1 aromatic carbocycles. The fraction of sp³-hybridized carbons (Fsp3) is 0.625. The molecule has 1 N–H and O–H groups in total. The zero-order valence-corrected chi connectivity index (χ0v) is 12.1. The van der Waals surface area contributed by atoms with Gasteiger partial charge in [0.05, 0.1) is 0 Å². The fourth-order valence-electron chi connectivity index (χ4n) is 3.11. The van der Waals surface area contributed by atoms with E-state index in [2.05, 4.69) is 23.9 Å². The van der Waals surface area contributed by atoms with E-state index in [9.17, 15) is 8.78 Å². The number of nitrogens with one attached hydrogen (secondary N) is 1. The zero-order valence-electron chi connectivity index (χ0n) is 12.1. The Balaban J connectivity index is 1.87. The molecular formula is C16H23F2NO. The Morgan fingerprint density at radius 1 is 1.15 bits per heavy atom. The number of hydrogen-bond acceptors (Lipinski definition) is 2. The van der Waals surface area contributed by atoms with E-state index in [-0.39, 0.29) is 5.75 Å². The van der Waals surface area contributed by atoms with Crippen LogP contribution in [0.3, 0.4) is 0 Å². The summed E-state index contributed by atoms with van der Waals surface area (Å²) in [5.41, 5.74) is 1.09. The molecule has 1 saturated carbocycles. The van der Waals surface area contributed by atoms with Crippen LogP contribution >= 0.6 is 0 Å². The highest BCUT2D eigenvalue weighted by Crippen LogP contribution is 2.29. The van der Waals surface area contributed by atoms with Gasteiger partial charge in [-0.3, -0.25) is 0 Å². The molecule has 20 heavy (non-hydrogen) atoms. The number of rotatable bonds is 5. The van der Waals surface area contributed by atoms with Crippen molar-refractivity contribution in [3.63, 3.8) is 0 Å². The summed E-state index contributed by atoms with van der Waals surface area (Å²) in [5, 5.41) is 3.61. The molecule has 1 aromatic rings. The third kappa shape index (κ3) is 4.17. The van der Waals surface area contributed by atoms with Crippen LogP contribution in [-0.2, 0) is 6.54 Å². The number of alkyl halides is 2. The van der Waals surface area contributed by atoms with E-state index in [1.54, 1.807) is 12.1 Å². The lowest BCUT2D eigenvalue weighted by Crippen LogP contribution is -2.42. The standard InChI is InChI=1S/C16H23F2NO/c1-11-4-3-5-12(2)15(11)19-10-13-6-8-14(9-7-13)20-16(17)18/h6-9,11-12,15-16,19H,3-5,10H2,1-2H3. The van der Waals surface area contributed by atoms with Gasteiger partial charge in [0.1, 0.15) is 5.75 Å². The highest BCUT2D eigenvalue weighted by molar-refractivity contribution is 5.27. The maximum Gasteiger partial charge on any atom is 0.387 e. The summed E-state index contributed by atoms with van der Waals surface area (Å²) in [6, 6.07) is 7.40. The van der Waals surface area contributed by atoms with E-state index in [0.717, 1.165) is 12.1 Å². The van der Waals surface area contributed by atoms with E-state index in [0.29, 0.717) is 17.9 Å². The largest absolute Gasteiger partial charge is 0.435 e. The highest BCUT2D eigenvalue weighted by Gasteiger charge is 2.26. The molecule has 0 aromatic heterocycles. The van der Waals surface area contributed by atoms with Gasteiger partial charge in [0, 0.05) is 12.6 Å². The minimum Gasteiger partial charge on any atom is -0.435 e. The van der Waals surface area contributed by atoms with Gasteiger partial charge < -0.3 is 10.1 Å². The summed E-state index contributed by atoms with van der Waals surface area (Å²) in [6.45, 7) is 2.61. The van der Waals surface area contributed by atoms with E-state index in [1.165, 1.54) is 19.3 Å². The summed E-state index contributed by atoms with van der Waals surface area (Å²) in [6.07, 6.45) is 3.88.